The van der Waals surface area contributed by atoms with Crippen molar-refractivity contribution < 1.29 is 0 Å². The Hall–Kier alpha value is -1.42. The third-order valence-corrected chi connectivity index (χ3v) is 4.86. The van der Waals surface area contributed by atoms with E-state index in [1.165, 1.54) is 19.3 Å². The van der Waals surface area contributed by atoms with Gasteiger partial charge in [-0.25, -0.2) is 4.52 Å². The number of aromatic nitrogens is 3. The summed E-state index contributed by atoms with van der Waals surface area (Å²) in [5.74, 6) is 2.16. The van der Waals surface area contributed by atoms with Gasteiger partial charge in [-0.2, -0.15) is 5.10 Å². The second kappa shape index (κ2) is 4.93. The molecule has 0 aromatic carbocycles. The summed E-state index contributed by atoms with van der Waals surface area (Å²) in [6, 6.07) is 0.0802. The van der Waals surface area contributed by atoms with Crippen LogP contribution in [-0.2, 0) is 0 Å². The molecule has 0 amide bonds. The van der Waals surface area contributed by atoms with E-state index in [4.69, 9.17) is 5.73 Å². The molecule has 1 aliphatic carbocycles. The van der Waals surface area contributed by atoms with Gasteiger partial charge >= 0.3 is 0 Å². The van der Waals surface area contributed by atoms with Crippen LogP contribution in [0.5, 0.6) is 0 Å². The number of nitrogens with zero attached hydrogens (tertiary/aromatic N) is 3. The highest BCUT2D eigenvalue weighted by Gasteiger charge is 2.30. The predicted molar refractivity (Wildman–Crippen MR) is 75.6 cm³/mol. The van der Waals surface area contributed by atoms with Crippen molar-refractivity contribution >= 4 is 5.52 Å². The van der Waals surface area contributed by atoms with Crippen LogP contribution in [0, 0.1) is 17.8 Å². The van der Waals surface area contributed by atoms with E-state index in [2.05, 4.69) is 23.9 Å². The highest BCUT2D eigenvalue weighted by Crippen LogP contribution is 2.39. The summed E-state index contributed by atoms with van der Waals surface area (Å²) in [6.07, 6.45) is 11.1. The molecule has 0 aliphatic heterocycles. The average molecular weight is 258 g/mol. The van der Waals surface area contributed by atoms with Crippen molar-refractivity contribution in [3.8, 4) is 0 Å². The highest BCUT2D eigenvalue weighted by molar-refractivity contribution is 5.53. The zero-order chi connectivity index (χ0) is 13.4. The molecule has 4 nitrogen and oxygen atoms in total. The lowest BCUT2D eigenvalue weighted by Crippen LogP contribution is -2.29. The van der Waals surface area contributed by atoms with E-state index in [0.29, 0.717) is 5.92 Å². The maximum Gasteiger partial charge on any atom is 0.0892 e. The molecule has 0 saturated heterocycles. The average Bonchev–Trinajstić information content (AvgIpc) is 2.85. The van der Waals surface area contributed by atoms with E-state index < -0.39 is 0 Å². The molecule has 4 unspecified atom stereocenters. The molecule has 4 heteroatoms. The van der Waals surface area contributed by atoms with E-state index in [9.17, 15) is 0 Å². The molecule has 3 rings (SSSR count). The summed E-state index contributed by atoms with van der Waals surface area (Å²) in [5, 5.41) is 4.37. The molecule has 0 spiro atoms. The predicted octanol–water partition coefficient (Wildman–Crippen LogP) is 2.80. The van der Waals surface area contributed by atoms with Gasteiger partial charge in [-0.3, -0.25) is 4.98 Å². The maximum atomic E-state index is 6.51. The molecule has 1 fully saturated rings. The van der Waals surface area contributed by atoms with Crippen molar-refractivity contribution in [1.82, 2.24) is 14.6 Å². The van der Waals surface area contributed by atoms with E-state index >= 15 is 0 Å². The van der Waals surface area contributed by atoms with Crippen LogP contribution in [-0.4, -0.2) is 14.6 Å². The topological polar surface area (TPSA) is 56.2 Å². The van der Waals surface area contributed by atoms with Gasteiger partial charge in [-0.05, 0) is 30.6 Å². The van der Waals surface area contributed by atoms with Crippen LogP contribution in [0.2, 0.25) is 0 Å². The smallest absolute Gasteiger partial charge is 0.0892 e. The van der Waals surface area contributed by atoms with E-state index in [-0.39, 0.29) is 6.04 Å². The lowest BCUT2D eigenvalue weighted by molar-refractivity contribution is 0.186. The Labute approximate surface area is 114 Å². The van der Waals surface area contributed by atoms with Crippen LogP contribution >= 0.6 is 0 Å². The second-order valence-electron chi connectivity index (χ2n) is 6.06. The molecule has 1 saturated carbocycles. The van der Waals surface area contributed by atoms with Gasteiger partial charge in [0.1, 0.15) is 0 Å². The first-order chi connectivity index (χ1) is 9.16. The molecule has 2 heterocycles. The number of rotatable bonds is 2. The molecule has 0 radical (unpaired) electrons. The molecule has 4 atom stereocenters. The molecule has 102 valence electrons. The molecule has 2 aromatic rings. The lowest BCUT2D eigenvalue weighted by Gasteiger charge is -2.35. The zero-order valence-electron chi connectivity index (χ0n) is 11.7. The third-order valence-electron chi connectivity index (χ3n) is 4.86. The summed E-state index contributed by atoms with van der Waals surface area (Å²) in [4.78, 5) is 4.18. The van der Waals surface area contributed by atoms with Crippen LogP contribution in [0.3, 0.4) is 0 Å². The number of hydrogen-bond acceptors (Lipinski definition) is 3. The summed E-state index contributed by atoms with van der Waals surface area (Å²) in [6.45, 7) is 4.70. The van der Waals surface area contributed by atoms with Gasteiger partial charge in [0.25, 0.3) is 0 Å². The standard InChI is InChI=1S/C15H22N4/c1-10-3-4-12(7-11(10)2)15(16)13-8-18-19-6-5-17-9-14(13)19/h5-6,8-12,15H,3-4,7,16H2,1-2H3. The van der Waals surface area contributed by atoms with Crippen molar-refractivity contribution in [2.75, 3.05) is 0 Å². The quantitative estimate of drug-likeness (QED) is 0.901. The monoisotopic (exact) mass is 258 g/mol. The van der Waals surface area contributed by atoms with E-state index in [1.54, 1.807) is 6.20 Å². The molecule has 1 aliphatic rings. The molecular formula is C15H22N4. The van der Waals surface area contributed by atoms with Crippen molar-refractivity contribution in [3.63, 3.8) is 0 Å². The molecule has 2 aromatic heterocycles. The summed E-state index contributed by atoms with van der Waals surface area (Å²) in [5.41, 5.74) is 8.69. The first kappa shape index (κ1) is 12.6. The fourth-order valence-electron chi connectivity index (χ4n) is 3.28. The van der Waals surface area contributed by atoms with Crippen molar-refractivity contribution in [2.24, 2.45) is 23.5 Å². The minimum atomic E-state index is 0.0802. The lowest BCUT2D eigenvalue weighted by atomic mass is 9.72. The van der Waals surface area contributed by atoms with Crippen molar-refractivity contribution in [2.45, 2.75) is 39.2 Å². The summed E-state index contributed by atoms with van der Waals surface area (Å²) in [7, 11) is 0. The van der Waals surface area contributed by atoms with E-state index in [0.717, 1.165) is 22.9 Å². The molecule has 19 heavy (non-hydrogen) atoms. The SMILES string of the molecule is CC1CCC(C(N)c2cnn3ccncc23)CC1C. The fourth-order valence-corrected chi connectivity index (χ4v) is 3.28. The number of nitrogens with two attached hydrogens (primary N) is 1. The van der Waals surface area contributed by atoms with Crippen molar-refractivity contribution in [3.05, 3.63) is 30.4 Å². The normalized spacial score (nSPS) is 29.5. The largest absolute Gasteiger partial charge is 0.324 e. The van der Waals surface area contributed by atoms with Crippen LogP contribution in [0.25, 0.3) is 5.52 Å². The summed E-state index contributed by atoms with van der Waals surface area (Å²) < 4.78 is 1.86. The number of hydrogen-bond donors (Lipinski definition) is 1. The molecule has 2 N–H and O–H groups in total. The van der Waals surface area contributed by atoms with Gasteiger partial charge < -0.3 is 5.73 Å². The minimum absolute atomic E-state index is 0.0802. The molecule has 0 bridgehead atoms. The first-order valence-electron chi connectivity index (χ1n) is 7.19. The van der Waals surface area contributed by atoms with Crippen LogP contribution < -0.4 is 5.73 Å². The Morgan fingerprint density at radius 2 is 2.11 bits per heavy atom. The zero-order valence-corrected chi connectivity index (χ0v) is 11.7. The minimum Gasteiger partial charge on any atom is -0.324 e. The van der Waals surface area contributed by atoms with Gasteiger partial charge in [0.05, 0.1) is 17.9 Å². The Balaban J connectivity index is 1.85. The van der Waals surface area contributed by atoms with Gasteiger partial charge in [-0.1, -0.05) is 20.3 Å². The summed E-state index contributed by atoms with van der Waals surface area (Å²) >= 11 is 0. The molecular weight excluding hydrogens is 236 g/mol. The Morgan fingerprint density at radius 3 is 2.89 bits per heavy atom. The van der Waals surface area contributed by atoms with Crippen LogP contribution in [0.4, 0.5) is 0 Å². The van der Waals surface area contributed by atoms with Gasteiger partial charge in [0, 0.05) is 24.0 Å². The first-order valence-corrected chi connectivity index (χ1v) is 7.19. The van der Waals surface area contributed by atoms with E-state index in [1.807, 2.05) is 23.1 Å². The van der Waals surface area contributed by atoms with Gasteiger partial charge in [-0.15, -0.1) is 0 Å². The second-order valence-corrected chi connectivity index (χ2v) is 6.06. The van der Waals surface area contributed by atoms with Gasteiger partial charge in [0.15, 0.2) is 0 Å². The maximum absolute atomic E-state index is 6.51. The highest BCUT2D eigenvalue weighted by atomic mass is 15.2. The number of fused-ring (bicyclic) bond motifs is 1. The Bertz CT molecular complexity index is 562. The third kappa shape index (κ3) is 2.25. The Morgan fingerprint density at radius 1 is 1.26 bits per heavy atom. The van der Waals surface area contributed by atoms with Crippen molar-refractivity contribution in [1.29, 1.82) is 0 Å². The van der Waals surface area contributed by atoms with Gasteiger partial charge in [0.2, 0.25) is 0 Å². The van der Waals surface area contributed by atoms with Crippen LogP contribution in [0.1, 0.15) is 44.7 Å². The fraction of sp³-hybridized carbons (Fsp3) is 0.600. The Kier molecular flexibility index (Phi) is 3.27. The van der Waals surface area contributed by atoms with Crippen LogP contribution in [0.15, 0.2) is 24.8 Å².